The summed E-state index contributed by atoms with van der Waals surface area (Å²) < 4.78 is 0. The number of pyridine rings is 1. The number of hydrogen-bond acceptors (Lipinski definition) is 3. The molecule has 1 aromatic rings. The maximum absolute atomic E-state index is 9.32. The van der Waals surface area contributed by atoms with E-state index >= 15 is 0 Å². The van der Waals surface area contributed by atoms with Crippen LogP contribution < -0.4 is 4.90 Å². The topological polar surface area (TPSA) is 36.4 Å². The molecule has 0 saturated carbocycles. The quantitative estimate of drug-likeness (QED) is 0.784. The summed E-state index contributed by atoms with van der Waals surface area (Å²) in [5, 5.41) is 9.32. The standard InChI is InChI=1S/C15H22N2O/c1-5-7-17(8-6-2)15-10-13(11-18)9-14(16-15)12(3)4/h1,9-10,12,18H,6-8,11H2,2-4H3. The highest BCUT2D eigenvalue weighted by Gasteiger charge is 2.10. The van der Waals surface area contributed by atoms with Gasteiger partial charge in [-0.25, -0.2) is 4.98 Å². The van der Waals surface area contributed by atoms with Crippen LogP contribution in [0.3, 0.4) is 0 Å². The molecule has 1 heterocycles. The van der Waals surface area contributed by atoms with Gasteiger partial charge in [0.05, 0.1) is 13.2 Å². The molecule has 18 heavy (non-hydrogen) atoms. The molecule has 1 aromatic heterocycles. The van der Waals surface area contributed by atoms with Crippen molar-refractivity contribution in [3.05, 3.63) is 23.4 Å². The number of aromatic nitrogens is 1. The van der Waals surface area contributed by atoms with Gasteiger partial charge in [0.1, 0.15) is 5.82 Å². The number of aliphatic hydroxyl groups is 1. The number of anilines is 1. The minimum Gasteiger partial charge on any atom is -0.392 e. The van der Waals surface area contributed by atoms with E-state index in [9.17, 15) is 5.11 Å². The SMILES string of the molecule is C#CCN(CCC)c1cc(CO)cc(C(C)C)n1. The number of terminal acetylenes is 1. The van der Waals surface area contributed by atoms with E-state index in [1.54, 1.807) is 0 Å². The van der Waals surface area contributed by atoms with Crippen molar-refractivity contribution in [1.82, 2.24) is 4.98 Å². The molecule has 0 aliphatic heterocycles. The predicted molar refractivity (Wildman–Crippen MR) is 75.6 cm³/mol. The van der Waals surface area contributed by atoms with Crippen molar-refractivity contribution in [3.8, 4) is 12.3 Å². The highest BCUT2D eigenvalue weighted by atomic mass is 16.3. The summed E-state index contributed by atoms with van der Waals surface area (Å²) in [5.74, 6) is 3.86. The van der Waals surface area contributed by atoms with Crippen molar-refractivity contribution < 1.29 is 5.11 Å². The molecule has 0 bridgehead atoms. The summed E-state index contributed by atoms with van der Waals surface area (Å²) in [6, 6.07) is 3.87. The van der Waals surface area contributed by atoms with Crippen LogP contribution in [0.5, 0.6) is 0 Å². The molecule has 0 aromatic carbocycles. The number of hydrogen-bond donors (Lipinski definition) is 1. The Morgan fingerprint density at radius 2 is 2.17 bits per heavy atom. The Balaban J connectivity index is 3.12. The Morgan fingerprint density at radius 3 is 2.67 bits per heavy atom. The van der Waals surface area contributed by atoms with Gasteiger partial charge in [0.25, 0.3) is 0 Å². The van der Waals surface area contributed by atoms with Gasteiger partial charge in [-0.15, -0.1) is 6.42 Å². The molecule has 1 N–H and O–H groups in total. The minimum atomic E-state index is 0.0330. The Bertz CT molecular complexity index is 421. The molecule has 3 nitrogen and oxygen atoms in total. The second-order valence-corrected chi connectivity index (χ2v) is 4.70. The molecule has 0 spiro atoms. The van der Waals surface area contributed by atoms with Gasteiger partial charge >= 0.3 is 0 Å². The average molecular weight is 246 g/mol. The van der Waals surface area contributed by atoms with Crippen LogP contribution in [0, 0.1) is 12.3 Å². The molecule has 1 rings (SSSR count). The summed E-state index contributed by atoms with van der Waals surface area (Å²) in [6.45, 7) is 7.77. The first-order chi connectivity index (χ1) is 8.62. The fourth-order valence-electron chi connectivity index (χ4n) is 1.80. The van der Waals surface area contributed by atoms with Crippen LogP contribution in [0.25, 0.3) is 0 Å². The third-order valence-electron chi connectivity index (χ3n) is 2.77. The lowest BCUT2D eigenvalue weighted by molar-refractivity contribution is 0.281. The van der Waals surface area contributed by atoms with E-state index in [1.807, 2.05) is 12.1 Å². The Labute approximate surface area is 110 Å². The Kier molecular flexibility index (Phi) is 5.67. The second kappa shape index (κ2) is 7.03. The summed E-state index contributed by atoms with van der Waals surface area (Å²) in [5.41, 5.74) is 1.89. The van der Waals surface area contributed by atoms with Crippen LogP contribution in [-0.2, 0) is 6.61 Å². The number of nitrogens with zero attached hydrogens (tertiary/aromatic N) is 2. The first-order valence-corrected chi connectivity index (χ1v) is 6.42. The van der Waals surface area contributed by atoms with E-state index in [0.29, 0.717) is 12.5 Å². The van der Waals surface area contributed by atoms with Gasteiger partial charge in [0, 0.05) is 12.2 Å². The lowest BCUT2D eigenvalue weighted by Crippen LogP contribution is -2.26. The van der Waals surface area contributed by atoms with Crippen LogP contribution in [0.1, 0.15) is 44.4 Å². The van der Waals surface area contributed by atoms with E-state index in [4.69, 9.17) is 6.42 Å². The highest BCUT2D eigenvalue weighted by Crippen LogP contribution is 2.20. The van der Waals surface area contributed by atoms with Gasteiger partial charge in [-0.3, -0.25) is 0 Å². The monoisotopic (exact) mass is 246 g/mol. The molecule has 0 aliphatic carbocycles. The lowest BCUT2D eigenvalue weighted by Gasteiger charge is -2.22. The van der Waals surface area contributed by atoms with Gasteiger partial charge < -0.3 is 10.0 Å². The van der Waals surface area contributed by atoms with E-state index in [0.717, 1.165) is 30.0 Å². The molecule has 0 saturated heterocycles. The molecule has 98 valence electrons. The van der Waals surface area contributed by atoms with Crippen LogP contribution in [-0.4, -0.2) is 23.2 Å². The fourth-order valence-corrected chi connectivity index (χ4v) is 1.80. The highest BCUT2D eigenvalue weighted by molar-refractivity contribution is 5.44. The van der Waals surface area contributed by atoms with E-state index in [1.165, 1.54) is 0 Å². The van der Waals surface area contributed by atoms with Crippen LogP contribution in [0.2, 0.25) is 0 Å². The van der Waals surface area contributed by atoms with Crippen LogP contribution >= 0.6 is 0 Å². The third-order valence-corrected chi connectivity index (χ3v) is 2.77. The summed E-state index contributed by atoms with van der Waals surface area (Å²) in [4.78, 5) is 6.71. The van der Waals surface area contributed by atoms with Crippen molar-refractivity contribution in [3.63, 3.8) is 0 Å². The summed E-state index contributed by atoms with van der Waals surface area (Å²) in [6.07, 6.45) is 6.41. The van der Waals surface area contributed by atoms with Crippen molar-refractivity contribution in [2.45, 2.75) is 39.7 Å². The largest absolute Gasteiger partial charge is 0.392 e. The second-order valence-electron chi connectivity index (χ2n) is 4.70. The Morgan fingerprint density at radius 1 is 1.44 bits per heavy atom. The zero-order chi connectivity index (χ0) is 13.5. The van der Waals surface area contributed by atoms with Crippen molar-refractivity contribution in [2.24, 2.45) is 0 Å². The van der Waals surface area contributed by atoms with Crippen molar-refractivity contribution in [2.75, 3.05) is 18.0 Å². The molecule has 0 atom stereocenters. The first kappa shape index (κ1) is 14.5. The molecular weight excluding hydrogens is 224 g/mol. The lowest BCUT2D eigenvalue weighted by atomic mass is 10.1. The minimum absolute atomic E-state index is 0.0330. The van der Waals surface area contributed by atoms with Gasteiger partial charge in [-0.1, -0.05) is 26.7 Å². The van der Waals surface area contributed by atoms with E-state index < -0.39 is 0 Å². The van der Waals surface area contributed by atoms with Gasteiger partial charge in [0.15, 0.2) is 0 Å². The van der Waals surface area contributed by atoms with Gasteiger partial charge in [-0.05, 0) is 30.0 Å². The zero-order valence-electron chi connectivity index (χ0n) is 11.5. The third kappa shape index (κ3) is 3.75. The van der Waals surface area contributed by atoms with Crippen molar-refractivity contribution in [1.29, 1.82) is 0 Å². The van der Waals surface area contributed by atoms with E-state index in [2.05, 4.69) is 36.6 Å². The molecular formula is C15H22N2O. The zero-order valence-corrected chi connectivity index (χ0v) is 11.5. The average Bonchev–Trinajstić information content (AvgIpc) is 2.37. The molecule has 0 fully saturated rings. The maximum Gasteiger partial charge on any atom is 0.129 e. The van der Waals surface area contributed by atoms with Crippen LogP contribution in [0.4, 0.5) is 5.82 Å². The molecule has 0 aliphatic rings. The maximum atomic E-state index is 9.32. The van der Waals surface area contributed by atoms with Crippen LogP contribution in [0.15, 0.2) is 12.1 Å². The predicted octanol–water partition coefficient (Wildman–Crippen LogP) is 2.55. The number of rotatable bonds is 6. The molecule has 0 amide bonds. The summed E-state index contributed by atoms with van der Waals surface area (Å²) in [7, 11) is 0. The van der Waals surface area contributed by atoms with Crippen molar-refractivity contribution >= 4 is 5.82 Å². The Hall–Kier alpha value is -1.53. The fraction of sp³-hybridized carbons (Fsp3) is 0.533. The van der Waals surface area contributed by atoms with Gasteiger partial charge in [-0.2, -0.15) is 0 Å². The normalized spacial score (nSPS) is 10.4. The smallest absolute Gasteiger partial charge is 0.129 e. The summed E-state index contributed by atoms with van der Waals surface area (Å²) >= 11 is 0. The number of aliphatic hydroxyl groups excluding tert-OH is 1. The molecule has 3 heteroatoms. The molecule has 0 unspecified atom stereocenters. The van der Waals surface area contributed by atoms with E-state index in [-0.39, 0.29) is 6.61 Å². The first-order valence-electron chi connectivity index (χ1n) is 6.42. The molecule has 0 radical (unpaired) electrons. The van der Waals surface area contributed by atoms with Gasteiger partial charge in [0.2, 0.25) is 0 Å².